The van der Waals surface area contributed by atoms with Crippen LogP contribution in [0.2, 0.25) is 0 Å². The molecule has 132 valence electrons. The first-order chi connectivity index (χ1) is 11.9. The maximum atomic E-state index is 13.7. The van der Waals surface area contributed by atoms with E-state index in [2.05, 4.69) is 32.1 Å². The quantitative estimate of drug-likeness (QED) is 0.662. The lowest BCUT2D eigenvalue weighted by Gasteiger charge is -2.15. The molecular weight excluding hydrogens is 396 g/mol. The van der Waals surface area contributed by atoms with Crippen LogP contribution in [0.1, 0.15) is 28.9 Å². The van der Waals surface area contributed by atoms with Gasteiger partial charge in [0.25, 0.3) is 11.8 Å². The maximum absolute atomic E-state index is 13.7. The van der Waals surface area contributed by atoms with Gasteiger partial charge in [0.2, 0.25) is 0 Å². The van der Waals surface area contributed by atoms with Gasteiger partial charge in [0, 0.05) is 22.1 Å². The molecule has 5 nitrogen and oxygen atoms in total. The van der Waals surface area contributed by atoms with Crippen LogP contribution in [0.25, 0.3) is 0 Å². The van der Waals surface area contributed by atoms with Gasteiger partial charge in [-0.25, -0.2) is 8.78 Å². The molecule has 2 rings (SSSR count). The van der Waals surface area contributed by atoms with Crippen LogP contribution in [0, 0.1) is 11.6 Å². The van der Waals surface area contributed by atoms with Gasteiger partial charge in [-0.1, -0.05) is 18.2 Å². The Balaban J connectivity index is 1.82. The molecular formula is C17H16BrF2N3O2. The Morgan fingerprint density at radius 2 is 1.84 bits per heavy atom. The van der Waals surface area contributed by atoms with E-state index in [0.29, 0.717) is 10.0 Å². The summed E-state index contributed by atoms with van der Waals surface area (Å²) in [6.07, 6.45) is 0. The molecule has 3 N–H and O–H groups in total. The molecule has 0 fully saturated rings. The zero-order valence-corrected chi connectivity index (χ0v) is 14.9. The Morgan fingerprint density at radius 3 is 2.52 bits per heavy atom. The number of halogens is 3. The Hall–Kier alpha value is -2.32. The first-order valence-corrected chi connectivity index (χ1v) is 8.20. The number of rotatable bonds is 5. The first-order valence-electron chi connectivity index (χ1n) is 7.40. The summed E-state index contributed by atoms with van der Waals surface area (Å²) >= 11 is 3.24. The van der Waals surface area contributed by atoms with Gasteiger partial charge in [-0.05, 0) is 41.1 Å². The number of benzene rings is 2. The van der Waals surface area contributed by atoms with E-state index in [1.165, 1.54) is 6.07 Å². The number of hydrazine groups is 1. The van der Waals surface area contributed by atoms with Crippen LogP contribution < -0.4 is 16.2 Å². The molecule has 0 saturated carbocycles. The van der Waals surface area contributed by atoms with Crippen molar-refractivity contribution in [3.8, 4) is 0 Å². The highest BCUT2D eigenvalue weighted by molar-refractivity contribution is 9.10. The summed E-state index contributed by atoms with van der Waals surface area (Å²) in [7, 11) is 0. The highest BCUT2D eigenvalue weighted by Gasteiger charge is 2.14. The van der Waals surface area contributed by atoms with Crippen molar-refractivity contribution in [2.24, 2.45) is 0 Å². The third kappa shape index (κ3) is 5.33. The van der Waals surface area contributed by atoms with E-state index in [9.17, 15) is 18.4 Å². The van der Waals surface area contributed by atoms with Crippen molar-refractivity contribution in [2.45, 2.75) is 13.0 Å². The molecule has 2 amide bonds. The van der Waals surface area contributed by atoms with E-state index in [1.807, 2.05) is 0 Å². The zero-order chi connectivity index (χ0) is 18.4. The van der Waals surface area contributed by atoms with Gasteiger partial charge in [-0.3, -0.25) is 20.4 Å². The SMILES string of the molecule is C[C@@H](NCC(=O)NNC(=O)c1ccccc1Br)c1ccc(F)cc1F. The van der Waals surface area contributed by atoms with Crippen molar-refractivity contribution < 1.29 is 18.4 Å². The number of carbonyl (C=O) groups is 2. The Kier molecular flexibility index (Phi) is 6.60. The fourth-order valence-corrected chi connectivity index (χ4v) is 2.56. The fraction of sp³-hybridized carbons (Fsp3) is 0.176. The molecule has 2 aromatic rings. The molecule has 1 atom stereocenters. The average molecular weight is 412 g/mol. The lowest BCUT2D eigenvalue weighted by molar-refractivity contribution is -0.121. The van der Waals surface area contributed by atoms with E-state index in [-0.39, 0.29) is 12.1 Å². The predicted octanol–water partition coefficient (Wildman–Crippen LogP) is 2.84. The Labute approximate surface area is 151 Å². The monoisotopic (exact) mass is 411 g/mol. The van der Waals surface area contributed by atoms with Crippen LogP contribution in [0.4, 0.5) is 8.78 Å². The van der Waals surface area contributed by atoms with Gasteiger partial charge in [-0.15, -0.1) is 0 Å². The van der Waals surface area contributed by atoms with Crippen LogP contribution in [-0.2, 0) is 4.79 Å². The van der Waals surface area contributed by atoms with Crippen LogP contribution in [-0.4, -0.2) is 18.4 Å². The third-order valence-electron chi connectivity index (χ3n) is 3.43. The van der Waals surface area contributed by atoms with Gasteiger partial charge in [0.05, 0.1) is 12.1 Å². The molecule has 0 bridgehead atoms. The smallest absolute Gasteiger partial charge is 0.270 e. The molecule has 0 aromatic heterocycles. The Morgan fingerprint density at radius 1 is 1.12 bits per heavy atom. The molecule has 0 radical (unpaired) electrons. The molecule has 0 spiro atoms. The zero-order valence-electron chi connectivity index (χ0n) is 13.3. The van der Waals surface area contributed by atoms with E-state index in [1.54, 1.807) is 31.2 Å². The van der Waals surface area contributed by atoms with Crippen molar-refractivity contribution in [1.29, 1.82) is 0 Å². The lowest BCUT2D eigenvalue weighted by atomic mass is 10.1. The van der Waals surface area contributed by atoms with Gasteiger partial charge in [-0.2, -0.15) is 0 Å². The van der Waals surface area contributed by atoms with Gasteiger partial charge >= 0.3 is 0 Å². The molecule has 25 heavy (non-hydrogen) atoms. The second kappa shape index (κ2) is 8.68. The van der Waals surface area contributed by atoms with Crippen molar-refractivity contribution in [3.63, 3.8) is 0 Å². The average Bonchev–Trinajstić information content (AvgIpc) is 2.58. The lowest BCUT2D eigenvalue weighted by Crippen LogP contribution is -2.45. The predicted molar refractivity (Wildman–Crippen MR) is 92.5 cm³/mol. The van der Waals surface area contributed by atoms with E-state index in [0.717, 1.165) is 12.1 Å². The maximum Gasteiger partial charge on any atom is 0.270 e. The third-order valence-corrected chi connectivity index (χ3v) is 4.12. The minimum Gasteiger partial charge on any atom is -0.302 e. The molecule has 0 unspecified atom stereocenters. The molecule has 2 aromatic carbocycles. The van der Waals surface area contributed by atoms with Crippen molar-refractivity contribution in [3.05, 3.63) is 69.7 Å². The standard InChI is InChI=1S/C17H16BrF2N3O2/c1-10(12-7-6-11(19)8-15(12)20)21-9-16(24)22-23-17(25)13-4-2-3-5-14(13)18/h2-8,10,21H,9H2,1H3,(H,22,24)(H,23,25)/t10-/m1/s1. The van der Waals surface area contributed by atoms with E-state index in [4.69, 9.17) is 0 Å². The number of amides is 2. The van der Waals surface area contributed by atoms with Crippen molar-refractivity contribution in [1.82, 2.24) is 16.2 Å². The van der Waals surface area contributed by atoms with Gasteiger partial charge < -0.3 is 5.32 Å². The highest BCUT2D eigenvalue weighted by atomic mass is 79.9. The first kappa shape index (κ1) is 19.0. The number of hydrogen-bond acceptors (Lipinski definition) is 3. The van der Waals surface area contributed by atoms with Crippen LogP contribution in [0.3, 0.4) is 0 Å². The molecule has 0 saturated heterocycles. The van der Waals surface area contributed by atoms with Gasteiger partial charge in [0.1, 0.15) is 11.6 Å². The highest BCUT2D eigenvalue weighted by Crippen LogP contribution is 2.17. The second-order valence-electron chi connectivity index (χ2n) is 5.25. The minimum absolute atomic E-state index is 0.159. The minimum atomic E-state index is -0.692. The number of carbonyl (C=O) groups excluding carboxylic acids is 2. The Bertz CT molecular complexity index is 786. The summed E-state index contributed by atoms with van der Waals surface area (Å²) in [5, 5.41) is 2.80. The largest absolute Gasteiger partial charge is 0.302 e. The summed E-state index contributed by atoms with van der Waals surface area (Å²) in [5.41, 5.74) is 5.17. The van der Waals surface area contributed by atoms with Gasteiger partial charge in [0.15, 0.2) is 0 Å². The van der Waals surface area contributed by atoms with Crippen molar-refractivity contribution >= 4 is 27.7 Å². The summed E-state index contributed by atoms with van der Waals surface area (Å²) in [6.45, 7) is 1.48. The summed E-state index contributed by atoms with van der Waals surface area (Å²) in [5.74, 6) is -2.34. The fourth-order valence-electron chi connectivity index (χ4n) is 2.09. The van der Waals surface area contributed by atoms with Crippen molar-refractivity contribution in [2.75, 3.05) is 6.54 Å². The molecule has 0 aliphatic carbocycles. The van der Waals surface area contributed by atoms with Crippen LogP contribution in [0.5, 0.6) is 0 Å². The normalized spacial score (nSPS) is 11.7. The molecule has 0 aliphatic heterocycles. The second-order valence-corrected chi connectivity index (χ2v) is 6.10. The van der Waals surface area contributed by atoms with E-state index < -0.39 is 29.5 Å². The molecule has 0 heterocycles. The van der Waals surface area contributed by atoms with Crippen LogP contribution >= 0.6 is 15.9 Å². The molecule has 0 aliphatic rings. The van der Waals surface area contributed by atoms with E-state index >= 15 is 0 Å². The van der Waals surface area contributed by atoms with Crippen LogP contribution in [0.15, 0.2) is 46.9 Å². The molecule has 8 heteroatoms. The summed E-state index contributed by atoms with van der Waals surface area (Å²) in [4.78, 5) is 23.7. The summed E-state index contributed by atoms with van der Waals surface area (Å²) in [6, 6.07) is 9.50. The summed E-state index contributed by atoms with van der Waals surface area (Å²) < 4.78 is 27.2. The topological polar surface area (TPSA) is 70.2 Å². The number of nitrogens with one attached hydrogen (secondary N) is 3. The number of hydrogen-bond donors (Lipinski definition) is 3.